The van der Waals surface area contributed by atoms with Crippen molar-refractivity contribution in [1.29, 1.82) is 0 Å². The molecule has 30 heavy (non-hydrogen) atoms. The average Bonchev–Trinajstić information content (AvgIpc) is 3.24. The minimum Gasteiger partial charge on any atom is -0.348 e. The maximum Gasteiger partial charge on any atom is 0.251 e. The molecule has 0 aliphatic carbocycles. The largest absolute Gasteiger partial charge is 0.348 e. The standard InChI is InChI=1S/C22H24N4O3S/c1-16-21(17(2)26(24-16)19-9-4-3-5-10-19)15-23-22(27)18-8-6-11-20(14-18)25-12-7-13-30(25,28)29/h3-6,8-11,14H,7,12-13,15H2,1-2H3,(H,23,27). The number of aryl methyl sites for hydroxylation is 1. The first-order valence-electron chi connectivity index (χ1n) is 9.86. The molecule has 0 radical (unpaired) electrons. The third-order valence-corrected chi connectivity index (χ3v) is 7.23. The molecule has 1 saturated heterocycles. The molecule has 1 aliphatic heterocycles. The summed E-state index contributed by atoms with van der Waals surface area (Å²) in [4.78, 5) is 12.7. The van der Waals surface area contributed by atoms with E-state index in [1.807, 2.05) is 48.9 Å². The Morgan fingerprint density at radius 2 is 1.80 bits per heavy atom. The van der Waals surface area contributed by atoms with Crippen LogP contribution >= 0.6 is 0 Å². The molecular formula is C22H24N4O3S. The molecule has 8 heteroatoms. The van der Waals surface area contributed by atoms with Gasteiger partial charge >= 0.3 is 0 Å². The van der Waals surface area contributed by atoms with E-state index in [-0.39, 0.29) is 11.7 Å². The molecule has 0 atom stereocenters. The average molecular weight is 425 g/mol. The van der Waals surface area contributed by atoms with Crippen molar-refractivity contribution in [3.8, 4) is 5.69 Å². The highest BCUT2D eigenvalue weighted by atomic mass is 32.2. The van der Waals surface area contributed by atoms with E-state index < -0.39 is 10.0 Å². The van der Waals surface area contributed by atoms with E-state index in [2.05, 4.69) is 10.4 Å². The lowest BCUT2D eigenvalue weighted by atomic mass is 10.1. The van der Waals surface area contributed by atoms with E-state index >= 15 is 0 Å². The maximum absolute atomic E-state index is 12.7. The van der Waals surface area contributed by atoms with Gasteiger partial charge in [-0.25, -0.2) is 13.1 Å². The number of amides is 1. The zero-order chi connectivity index (χ0) is 21.3. The van der Waals surface area contributed by atoms with Crippen molar-refractivity contribution >= 4 is 21.6 Å². The summed E-state index contributed by atoms with van der Waals surface area (Å²) in [5.41, 5.74) is 4.72. The molecular weight excluding hydrogens is 400 g/mol. The SMILES string of the molecule is Cc1nn(-c2ccccc2)c(C)c1CNC(=O)c1cccc(N2CCCS2(=O)=O)c1. The summed E-state index contributed by atoms with van der Waals surface area (Å²) in [6, 6.07) is 16.6. The van der Waals surface area contributed by atoms with Gasteiger partial charge in [0.2, 0.25) is 10.0 Å². The summed E-state index contributed by atoms with van der Waals surface area (Å²) in [7, 11) is -3.28. The van der Waals surface area contributed by atoms with Gasteiger partial charge in [-0.3, -0.25) is 9.10 Å². The van der Waals surface area contributed by atoms with Gasteiger partial charge in [0.1, 0.15) is 0 Å². The third kappa shape index (κ3) is 3.82. The Kier molecular flexibility index (Phi) is 5.34. The number of hydrogen-bond donors (Lipinski definition) is 1. The second kappa shape index (κ2) is 7.95. The minimum absolute atomic E-state index is 0.146. The lowest BCUT2D eigenvalue weighted by Gasteiger charge is -2.17. The smallest absolute Gasteiger partial charge is 0.251 e. The fraction of sp³-hybridized carbons (Fsp3) is 0.273. The monoisotopic (exact) mass is 424 g/mol. The minimum atomic E-state index is -3.28. The lowest BCUT2D eigenvalue weighted by Crippen LogP contribution is -2.26. The fourth-order valence-corrected chi connectivity index (χ4v) is 5.31. The molecule has 1 amide bonds. The molecule has 2 heterocycles. The van der Waals surface area contributed by atoms with E-state index in [0.29, 0.717) is 30.8 Å². The van der Waals surface area contributed by atoms with E-state index in [9.17, 15) is 13.2 Å². The second-order valence-corrected chi connectivity index (χ2v) is 9.38. The van der Waals surface area contributed by atoms with Crippen molar-refractivity contribution in [1.82, 2.24) is 15.1 Å². The normalized spacial score (nSPS) is 15.3. The number of nitrogens with zero attached hydrogens (tertiary/aromatic N) is 3. The molecule has 156 valence electrons. The summed E-state index contributed by atoms with van der Waals surface area (Å²) >= 11 is 0. The first-order chi connectivity index (χ1) is 14.4. The highest BCUT2D eigenvalue weighted by Crippen LogP contribution is 2.25. The number of carbonyl (C=O) groups excluding carboxylic acids is 1. The molecule has 7 nitrogen and oxygen atoms in total. The van der Waals surface area contributed by atoms with Crippen molar-refractivity contribution in [2.24, 2.45) is 0 Å². The zero-order valence-corrected chi connectivity index (χ0v) is 17.8. The Morgan fingerprint density at radius 1 is 1.07 bits per heavy atom. The second-order valence-electron chi connectivity index (χ2n) is 7.37. The molecule has 1 fully saturated rings. The number of anilines is 1. The number of benzene rings is 2. The highest BCUT2D eigenvalue weighted by Gasteiger charge is 2.28. The molecule has 1 aromatic heterocycles. The highest BCUT2D eigenvalue weighted by molar-refractivity contribution is 7.93. The molecule has 3 aromatic rings. The fourth-order valence-electron chi connectivity index (χ4n) is 3.75. The number of para-hydroxylation sites is 1. The van der Waals surface area contributed by atoms with Crippen molar-refractivity contribution in [2.45, 2.75) is 26.8 Å². The van der Waals surface area contributed by atoms with Crippen LogP contribution in [-0.2, 0) is 16.6 Å². The molecule has 0 unspecified atom stereocenters. The van der Waals surface area contributed by atoms with Crippen molar-refractivity contribution in [3.63, 3.8) is 0 Å². The number of nitrogens with one attached hydrogen (secondary N) is 1. The Morgan fingerprint density at radius 3 is 2.50 bits per heavy atom. The van der Waals surface area contributed by atoms with Crippen LogP contribution in [0.2, 0.25) is 0 Å². The number of aromatic nitrogens is 2. The Bertz CT molecular complexity index is 1190. The predicted octanol–water partition coefficient (Wildman–Crippen LogP) is 2.96. The van der Waals surface area contributed by atoms with Crippen molar-refractivity contribution in [2.75, 3.05) is 16.6 Å². The van der Waals surface area contributed by atoms with Crippen LogP contribution in [0.5, 0.6) is 0 Å². The van der Waals surface area contributed by atoms with Crippen LogP contribution in [-0.4, -0.2) is 36.4 Å². The molecule has 0 spiro atoms. The first kappa shape index (κ1) is 20.2. The molecule has 1 N–H and O–H groups in total. The van der Waals surface area contributed by atoms with Crippen LogP contribution in [0, 0.1) is 13.8 Å². The Balaban J connectivity index is 1.51. The van der Waals surface area contributed by atoms with Crippen LogP contribution < -0.4 is 9.62 Å². The summed E-state index contributed by atoms with van der Waals surface area (Å²) < 4.78 is 27.6. The maximum atomic E-state index is 12.7. The van der Waals surface area contributed by atoms with Crippen LogP contribution in [0.15, 0.2) is 54.6 Å². The van der Waals surface area contributed by atoms with Crippen molar-refractivity contribution in [3.05, 3.63) is 77.1 Å². The lowest BCUT2D eigenvalue weighted by molar-refractivity contribution is 0.0951. The van der Waals surface area contributed by atoms with Crippen LogP contribution in [0.3, 0.4) is 0 Å². The van der Waals surface area contributed by atoms with Gasteiger partial charge in [-0.1, -0.05) is 24.3 Å². The predicted molar refractivity (Wildman–Crippen MR) is 116 cm³/mol. The molecule has 2 aromatic carbocycles. The van der Waals surface area contributed by atoms with Gasteiger partial charge in [-0.05, 0) is 50.6 Å². The summed E-state index contributed by atoms with van der Waals surface area (Å²) in [5, 5.41) is 7.55. The topological polar surface area (TPSA) is 84.3 Å². The van der Waals surface area contributed by atoms with E-state index in [4.69, 9.17) is 0 Å². The quantitative estimate of drug-likeness (QED) is 0.683. The molecule has 4 rings (SSSR count). The summed E-state index contributed by atoms with van der Waals surface area (Å²) in [5.74, 6) is -0.104. The third-order valence-electron chi connectivity index (χ3n) is 5.36. The Hall–Kier alpha value is -3.13. The van der Waals surface area contributed by atoms with Crippen molar-refractivity contribution < 1.29 is 13.2 Å². The number of sulfonamides is 1. The van der Waals surface area contributed by atoms with E-state index in [1.165, 1.54) is 4.31 Å². The van der Waals surface area contributed by atoms with E-state index in [0.717, 1.165) is 22.6 Å². The van der Waals surface area contributed by atoms with Gasteiger partial charge in [0, 0.05) is 29.9 Å². The van der Waals surface area contributed by atoms with Gasteiger partial charge in [-0.15, -0.1) is 0 Å². The molecule has 0 bridgehead atoms. The van der Waals surface area contributed by atoms with Crippen LogP contribution in [0.25, 0.3) is 5.69 Å². The number of hydrogen-bond acceptors (Lipinski definition) is 4. The van der Waals surface area contributed by atoms with Crippen LogP contribution in [0.4, 0.5) is 5.69 Å². The zero-order valence-electron chi connectivity index (χ0n) is 17.0. The van der Waals surface area contributed by atoms with E-state index in [1.54, 1.807) is 24.3 Å². The van der Waals surface area contributed by atoms with Crippen LogP contribution in [0.1, 0.15) is 33.7 Å². The summed E-state index contributed by atoms with van der Waals surface area (Å²) in [6.45, 7) is 4.69. The van der Waals surface area contributed by atoms with Gasteiger partial charge in [0.15, 0.2) is 0 Å². The number of rotatable bonds is 5. The summed E-state index contributed by atoms with van der Waals surface area (Å²) in [6.07, 6.45) is 0.600. The molecule has 0 saturated carbocycles. The Labute approximate surface area is 176 Å². The van der Waals surface area contributed by atoms with Gasteiger partial charge in [-0.2, -0.15) is 5.10 Å². The first-order valence-corrected chi connectivity index (χ1v) is 11.5. The van der Waals surface area contributed by atoms with Gasteiger partial charge in [0.25, 0.3) is 5.91 Å². The van der Waals surface area contributed by atoms with Gasteiger partial charge < -0.3 is 5.32 Å². The number of carbonyl (C=O) groups is 1. The molecule has 1 aliphatic rings. The van der Waals surface area contributed by atoms with Gasteiger partial charge in [0.05, 0.1) is 22.8 Å².